The van der Waals surface area contributed by atoms with Crippen molar-refractivity contribution < 1.29 is 18.0 Å². The number of benzene rings is 1. The van der Waals surface area contributed by atoms with E-state index in [0.29, 0.717) is 12.1 Å². The van der Waals surface area contributed by atoms with Crippen LogP contribution in [0.4, 0.5) is 13.2 Å². The van der Waals surface area contributed by atoms with Crippen LogP contribution in [0.1, 0.15) is 31.9 Å². The molecule has 2 unspecified atom stereocenters. The van der Waals surface area contributed by atoms with Gasteiger partial charge in [-0.05, 0) is 19.4 Å². The summed E-state index contributed by atoms with van der Waals surface area (Å²) in [6.07, 6.45) is -5.31. The maximum atomic E-state index is 12.7. The van der Waals surface area contributed by atoms with Crippen LogP contribution in [-0.2, 0) is 4.79 Å². The fourth-order valence-electron chi connectivity index (χ4n) is 2.05. The summed E-state index contributed by atoms with van der Waals surface area (Å²) in [7, 11) is 1.63. The van der Waals surface area contributed by atoms with Crippen LogP contribution in [0.5, 0.6) is 0 Å². The van der Waals surface area contributed by atoms with Crippen LogP contribution in [0.15, 0.2) is 30.3 Å². The van der Waals surface area contributed by atoms with Crippen molar-refractivity contribution in [3.63, 3.8) is 0 Å². The maximum absolute atomic E-state index is 12.7. The molecule has 0 aromatic heterocycles. The van der Waals surface area contributed by atoms with E-state index in [-0.39, 0.29) is 5.91 Å². The van der Waals surface area contributed by atoms with Crippen LogP contribution < -0.4 is 5.32 Å². The van der Waals surface area contributed by atoms with Gasteiger partial charge in [0.1, 0.15) is 0 Å². The molecule has 0 bridgehead atoms. The topological polar surface area (TPSA) is 32.3 Å². The lowest BCUT2D eigenvalue weighted by Crippen LogP contribution is -2.45. The predicted octanol–water partition coefficient (Wildman–Crippen LogP) is 3.14. The van der Waals surface area contributed by atoms with Gasteiger partial charge in [-0.1, -0.05) is 30.3 Å². The van der Waals surface area contributed by atoms with E-state index in [1.54, 1.807) is 44.3 Å². The van der Waals surface area contributed by atoms with Gasteiger partial charge in [0.2, 0.25) is 5.91 Å². The number of carbonyl (C=O) groups is 1. The molecule has 1 amide bonds. The average Bonchev–Trinajstić information content (AvgIpc) is 2.44. The highest BCUT2D eigenvalue weighted by Gasteiger charge is 2.34. The van der Waals surface area contributed by atoms with Crippen molar-refractivity contribution in [1.82, 2.24) is 10.2 Å². The third-order valence-corrected chi connectivity index (χ3v) is 3.31. The summed E-state index contributed by atoms with van der Waals surface area (Å²) in [4.78, 5) is 13.5. The van der Waals surface area contributed by atoms with E-state index < -0.39 is 24.7 Å². The number of hydrogen-bond donors (Lipinski definition) is 1. The first kappa shape index (κ1) is 17.5. The van der Waals surface area contributed by atoms with Crippen LogP contribution in [0.2, 0.25) is 0 Å². The maximum Gasteiger partial charge on any atom is 0.390 e. The summed E-state index contributed by atoms with van der Waals surface area (Å²) in [6.45, 7) is 3.91. The molecule has 2 atom stereocenters. The first-order valence-electron chi connectivity index (χ1n) is 6.87. The highest BCUT2D eigenvalue weighted by Crippen LogP contribution is 2.29. The van der Waals surface area contributed by atoms with Crippen LogP contribution in [0.25, 0.3) is 0 Å². The standard InChI is InChI=1S/C15H21F3N2O/c1-4-20(3)14(21)11(2)19-13(10-15(16,17)18)12-8-6-5-7-9-12/h5-9,11,13,19H,4,10H2,1-3H3. The first-order valence-corrected chi connectivity index (χ1v) is 6.87. The van der Waals surface area contributed by atoms with Gasteiger partial charge in [0, 0.05) is 19.6 Å². The average molecular weight is 302 g/mol. The number of likely N-dealkylation sites (N-methyl/N-ethyl adjacent to an activating group) is 1. The van der Waals surface area contributed by atoms with Gasteiger partial charge >= 0.3 is 6.18 Å². The minimum atomic E-state index is -4.30. The van der Waals surface area contributed by atoms with Crippen molar-refractivity contribution in [2.45, 2.75) is 38.5 Å². The summed E-state index contributed by atoms with van der Waals surface area (Å²) >= 11 is 0. The Morgan fingerprint density at radius 3 is 2.33 bits per heavy atom. The van der Waals surface area contributed by atoms with Crippen LogP contribution in [0, 0.1) is 0 Å². The smallest absolute Gasteiger partial charge is 0.345 e. The van der Waals surface area contributed by atoms with Crippen molar-refractivity contribution in [2.24, 2.45) is 0 Å². The molecule has 21 heavy (non-hydrogen) atoms. The van der Waals surface area contributed by atoms with E-state index in [1.165, 1.54) is 4.90 Å². The lowest BCUT2D eigenvalue weighted by atomic mass is 10.0. The first-order chi connectivity index (χ1) is 9.74. The molecule has 3 nitrogen and oxygen atoms in total. The molecular formula is C15H21F3N2O. The third-order valence-electron chi connectivity index (χ3n) is 3.31. The zero-order valence-electron chi connectivity index (χ0n) is 12.4. The lowest BCUT2D eigenvalue weighted by Gasteiger charge is -2.27. The summed E-state index contributed by atoms with van der Waals surface area (Å²) in [5.74, 6) is -0.222. The van der Waals surface area contributed by atoms with Gasteiger partial charge in [-0.15, -0.1) is 0 Å². The second-order valence-corrected chi connectivity index (χ2v) is 5.02. The molecule has 6 heteroatoms. The van der Waals surface area contributed by atoms with Gasteiger partial charge in [0.05, 0.1) is 12.5 Å². The predicted molar refractivity (Wildman–Crippen MR) is 75.8 cm³/mol. The highest BCUT2D eigenvalue weighted by atomic mass is 19.4. The molecule has 1 rings (SSSR count). The molecule has 0 saturated heterocycles. The van der Waals surface area contributed by atoms with Gasteiger partial charge in [0.25, 0.3) is 0 Å². The number of carbonyl (C=O) groups excluding carboxylic acids is 1. The monoisotopic (exact) mass is 302 g/mol. The molecule has 0 heterocycles. The molecule has 0 saturated carbocycles. The second kappa shape index (κ2) is 7.45. The van der Waals surface area contributed by atoms with Gasteiger partial charge in [-0.2, -0.15) is 13.2 Å². The van der Waals surface area contributed by atoms with E-state index in [1.807, 2.05) is 6.92 Å². The number of alkyl halides is 3. The summed E-state index contributed by atoms with van der Waals surface area (Å²) in [5.41, 5.74) is 0.522. The number of nitrogens with one attached hydrogen (secondary N) is 1. The number of amides is 1. The molecule has 0 radical (unpaired) electrons. The van der Waals surface area contributed by atoms with Crippen LogP contribution in [-0.4, -0.2) is 36.6 Å². The van der Waals surface area contributed by atoms with E-state index in [0.717, 1.165) is 0 Å². The number of nitrogens with zero attached hydrogens (tertiary/aromatic N) is 1. The van der Waals surface area contributed by atoms with E-state index in [4.69, 9.17) is 0 Å². The molecule has 0 spiro atoms. The third kappa shape index (κ3) is 5.75. The largest absolute Gasteiger partial charge is 0.390 e. The van der Waals surface area contributed by atoms with Crippen LogP contribution >= 0.6 is 0 Å². The van der Waals surface area contributed by atoms with Crippen molar-refractivity contribution in [1.29, 1.82) is 0 Å². The Balaban J connectivity index is 2.86. The molecule has 1 aromatic carbocycles. The minimum Gasteiger partial charge on any atom is -0.345 e. The normalized spacial score (nSPS) is 14.6. The van der Waals surface area contributed by atoms with Crippen molar-refractivity contribution in [3.8, 4) is 0 Å². The summed E-state index contributed by atoms with van der Waals surface area (Å²) in [6, 6.07) is 6.76. The minimum absolute atomic E-state index is 0.222. The second-order valence-electron chi connectivity index (χ2n) is 5.02. The Morgan fingerprint density at radius 2 is 1.86 bits per heavy atom. The van der Waals surface area contributed by atoms with Crippen LogP contribution in [0.3, 0.4) is 0 Å². The molecule has 0 aliphatic carbocycles. The number of hydrogen-bond acceptors (Lipinski definition) is 2. The van der Waals surface area contributed by atoms with Gasteiger partial charge in [-0.3, -0.25) is 10.1 Å². The Hall–Kier alpha value is -1.56. The quantitative estimate of drug-likeness (QED) is 0.875. The van der Waals surface area contributed by atoms with Gasteiger partial charge < -0.3 is 4.90 Å². The van der Waals surface area contributed by atoms with Crippen molar-refractivity contribution in [3.05, 3.63) is 35.9 Å². The number of halogens is 3. The highest BCUT2D eigenvalue weighted by molar-refractivity contribution is 5.81. The molecule has 0 fully saturated rings. The van der Waals surface area contributed by atoms with E-state index >= 15 is 0 Å². The molecule has 118 valence electrons. The molecule has 1 aromatic rings. The zero-order chi connectivity index (χ0) is 16.0. The van der Waals surface area contributed by atoms with E-state index in [9.17, 15) is 18.0 Å². The molecule has 1 N–H and O–H groups in total. The Kier molecular flexibility index (Phi) is 6.20. The Morgan fingerprint density at radius 1 is 1.29 bits per heavy atom. The van der Waals surface area contributed by atoms with Crippen molar-refractivity contribution >= 4 is 5.91 Å². The lowest BCUT2D eigenvalue weighted by molar-refractivity contribution is -0.143. The number of rotatable bonds is 6. The van der Waals surface area contributed by atoms with E-state index in [2.05, 4.69) is 5.32 Å². The summed E-state index contributed by atoms with van der Waals surface area (Å²) < 4.78 is 38.2. The fraction of sp³-hybridized carbons (Fsp3) is 0.533. The zero-order valence-corrected chi connectivity index (χ0v) is 12.4. The Labute approximate surface area is 123 Å². The van der Waals surface area contributed by atoms with Crippen molar-refractivity contribution in [2.75, 3.05) is 13.6 Å². The molecule has 0 aliphatic heterocycles. The molecule has 0 aliphatic rings. The fourth-order valence-corrected chi connectivity index (χ4v) is 2.05. The molecular weight excluding hydrogens is 281 g/mol. The Bertz CT molecular complexity index is 448. The van der Waals surface area contributed by atoms with Gasteiger partial charge in [0.15, 0.2) is 0 Å². The van der Waals surface area contributed by atoms with Gasteiger partial charge in [-0.25, -0.2) is 0 Å². The summed E-state index contributed by atoms with van der Waals surface area (Å²) in [5, 5.41) is 2.79. The SMILES string of the molecule is CCN(C)C(=O)C(C)NC(CC(F)(F)F)c1ccccc1.